The van der Waals surface area contributed by atoms with Crippen LogP contribution in [0, 0.1) is 5.82 Å². The van der Waals surface area contributed by atoms with Crippen molar-refractivity contribution in [3.05, 3.63) is 65.5 Å². The molecule has 1 atom stereocenters. The van der Waals surface area contributed by atoms with E-state index in [0.717, 1.165) is 11.1 Å². The van der Waals surface area contributed by atoms with Crippen molar-refractivity contribution in [2.45, 2.75) is 30.7 Å². The SMILES string of the molecule is C[C@H](NCCc1ccc(S(N)(=O)=O)cc1)C(=O)NCCc1ccc(F)cc1. The molecule has 8 heteroatoms. The Balaban J connectivity index is 1.69. The third-order valence-electron chi connectivity index (χ3n) is 4.14. The molecule has 0 aromatic heterocycles. The molecule has 2 rings (SSSR count). The highest BCUT2D eigenvalue weighted by Gasteiger charge is 2.11. The minimum atomic E-state index is -3.68. The van der Waals surface area contributed by atoms with Gasteiger partial charge in [-0.15, -0.1) is 0 Å². The molecule has 0 heterocycles. The van der Waals surface area contributed by atoms with Crippen molar-refractivity contribution in [3.8, 4) is 0 Å². The summed E-state index contributed by atoms with van der Waals surface area (Å²) in [6, 6.07) is 12.2. The molecule has 1 amide bonds. The van der Waals surface area contributed by atoms with Crippen molar-refractivity contribution in [2.24, 2.45) is 5.14 Å². The summed E-state index contributed by atoms with van der Waals surface area (Å²) in [7, 11) is -3.68. The van der Waals surface area contributed by atoms with Gasteiger partial charge in [0.1, 0.15) is 5.82 Å². The molecule has 0 fully saturated rings. The van der Waals surface area contributed by atoms with E-state index >= 15 is 0 Å². The van der Waals surface area contributed by atoms with E-state index in [1.54, 1.807) is 31.2 Å². The molecule has 0 aliphatic heterocycles. The van der Waals surface area contributed by atoms with E-state index in [4.69, 9.17) is 5.14 Å². The van der Waals surface area contributed by atoms with Gasteiger partial charge in [-0.1, -0.05) is 24.3 Å². The van der Waals surface area contributed by atoms with Crippen LogP contribution in [0.3, 0.4) is 0 Å². The van der Waals surface area contributed by atoms with Crippen LogP contribution in [0.4, 0.5) is 4.39 Å². The number of sulfonamides is 1. The van der Waals surface area contributed by atoms with Gasteiger partial charge in [0.05, 0.1) is 10.9 Å². The molecule has 0 saturated carbocycles. The lowest BCUT2D eigenvalue weighted by Crippen LogP contribution is -2.43. The molecule has 0 aliphatic carbocycles. The molecule has 0 aliphatic rings. The number of benzene rings is 2. The predicted molar refractivity (Wildman–Crippen MR) is 102 cm³/mol. The molecular weight excluding hydrogens is 369 g/mol. The number of hydrogen-bond acceptors (Lipinski definition) is 4. The third kappa shape index (κ3) is 7.09. The Morgan fingerprint density at radius 3 is 2.07 bits per heavy atom. The van der Waals surface area contributed by atoms with E-state index < -0.39 is 10.0 Å². The van der Waals surface area contributed by atoms with Gasteiger partial charge in [-0.25, -0.2) is 17.9 Å². The second kappa shape index (κ2) is 9.59. The first-order chi connectivity index (χ1) is 12.8. The van der Waals surface area contributed by atoms with Gasteiger partial charge in [0.2, 0.25) is 15.9 Å². The molecule has 6 nitrogen and oxygen atoms in total. The van der Waals surface area contributed by atoms with E-state index in [9.17, 15) is 17.6 Å². The standard InChI is InChI=1S/C19H24FN3O3S/c1-14(19(24)23-13-11-15-2-6-17(20)7-3-15)22-12-10-16-4-8-18(9-5-16)27(21,25)26/h2-9,14,22H,10-13H2,1H3,(H,23,24)(H2,21,25,26)/t14-/m0/s1. The summed E-state index contributed by atoms with van der Waals surface area (Å²) >= 11 is 0. The maximum Gasteiger partial charge on any atom is 0.238 e. The third-order valence-corrected chi connectivity index (χ3v) is 5.06. The number of amides is 1. The van der Waals surface area contributed by atoms with Gasteiger partial charge < -0.3 is 10.6 Å². The van der Waals surface area contributed by atoms with Crippen molar-refractivity contribution in [1.29, 1.82) is 0 Å². The number of hydrogen-bond donors (Lipinski definition) is 3. The van der Waals surface area contributed by atoms with Crippen LogP contribution in [0.5, 0.6) is 0 Å². The molecular formula is C19H24FN3O3S. The number of nitrogens with one attached hydrogen (secondary N) is 2. The summed E-state index contributed by atoms with van der Waals surface area (Å²) in [6.07, 6.45) is 1.28. The van der Waals surface area contributed by atoms with Crippen molar-refractivity contribution in [3.63, 3.8) is 0 Å². The summed E-state index contributed by atoms with van der Waals surface area (Å²) in [5.41, 5.74) is 1.90. The smallest absolute Gasteiger partial charge is 0.238 e. The number of halogens is 1. The summed E-state index contributed by atoms with van der Waals surface area (Å²) in [4.78, 5) is 12.1. The topological polar surface area (TPSA) is 101 Å². The fourth-order valence-electron chi connectivity index (χ4n) is 2.51. The van der Waals surface area contributed by atoms with Crippen molar-refractivity contribution < 1.29 is 17.6 Å². The summed E-state index contributed by atoms with van der Waals surface area (Å²) in [5, 5.41) is 11.0. The van der Waals surface area contributed by atoms with Crippen LogP contribution in [0.15, 0.2) is 53.4 Å². The van der Waals surface area contributed by atoms with Gasteiger partial charge >= 0.3 is 0 Å². The average molecular weight is 393 g/mol. The van der Waals surface area contributed by atoms with Gasteiger partial charge in [-0.05, 0) is 61.7 Å². The molecule has 146 valence electrons. The normalized spacial score (nSPS) is 12.6. The lowest BCUT2D eigenvalue weighted by atomic mass is 10.1. The zero-order valence-corrected chi connectivity index (χ0v) is 15.9. The zero-order chi connectivity index (χ0) is 19.9. The van der Waals surface area contributed by atoms with E-state index in [1.165, 1.54) is 24.3 Å². The number of nitrogens with two attached hydrogens (primary N) is 1. The molecule has 2 aromatic carbocycles. The first-order valence-corrected chi connectivity index (χ1v) is 10.2. The quantitative estimate of drug-likeness (QED) is 0.599. The first-order valence-electron chi connectivity index (χ1n) is 8.63. The minimum Gasteiger partial charge on any atom is -0.354 e. The van der Waals surface area contributed by atoms with E-state index in [1.807, 2.05) is 0 Å². The highest BCUT2D eigenvalue weighted by Crippen LogP contribution is 2.09. The number of carbonyl (C=O) groups is 1. The molecule has 0 spiro atoms. The Bertz CT molecular complexity index is 853. The summed E-state index contributed by atoms with van der Waals surface area (Å²) in [6.45, 7) is 2.82. The van der Waals surface area contributed by atoms with Crippen molar-refractivity contribution >= 4 is 15.9 Å². The molecule has 27 heavy (non-hydrogen) atoms. The van der Waals surface area contributed by atoms with Gasteiger partial charge in [-0.3, -0.25) is 4.79 Å². The fourth-order valence-corrected chi connectivity index (χ4v) is 3.02. The lowest BCUT2D eigenvalue weighted by molar-refractivity contribution is -0.122. The van der Waals surface area contributed by atoms with Gasteiger partial charge in [0.15, 0.2) is 0 Å². The monoisotopic (exact) mass is 393 g/mol. The van der Waals surface area contributed by atoms with Gasteiger partial charge in [0.25, 0.3) is 0 Å². The summed E-state index contributed by atoms with van der Waals surface area (Å²) < 4.78 is 35.3. The van der Waals surface area contributed by atoms with Crippen LogP contribution in [-0.4, -0.2) is 33.5 Å². The lowest BCUT2D eigenvalue weighted by Gasteiger charge is -2.14. The Labute approximate surface area is 159 Å². The Morgan fingerprint density at radius 1 is 1.00 bits per heavy atom. The fraction of sp³-hybridized carbons (Fsp3) is 0.316. The summed E-state index contributed by atoms with van der Waals surface area (Å²) in [5.74, 6) is -0.387. The van der Waals surface area contributed by atoms with Crippen LogP contribution >= 0.6 is 0 Å². The Kier molecular flexibility index (Phi) is 7.46. The maximum absolute atomic E-state index is 12.8. The Hall–Kier alpha value is -2.29. The molecule has 2 aromatic rings. The number of primary sulfonamides is 1. The second-order valence-electron chi connectivity index (χ2n) is 6.28. The van der Waals surface area contributed by atoms with E-state index in [2.05, 4.69) is 10.6 Å². The van der Waals surface area contributed by atoms with E-state index in [-0.39, 0.29) is 22.7 Å². The van der Waals surface area contributed by atoms with Crippen LogP contribution in [0.2, 0.25) is 0 Å². The number of rotatable bonds is 9. The van der Waals surface area contributed by atoms with Crippen molar-refractivity contribution in [2.75, 3.05) is 13.1 Å². The average Bonchev–Trinajstić information content (AvgIpc) is 2.63. The van der Waals surface area contributed by atoms with Crippen LogP contribution in [-0.2, 0) is 27.7 Å². The van der Waals surface area contributed by atoms with Gasteiger partial charge in [-0.2, -0.15) is 0 Å². The van der Waals surface area contributed by atoms with Gasteiger partial charge in [0, 0.05) is 6.54 Å². The van der Waals surface area contributed by atoms with Crippen molar-refractivity contribution in [1.82, 2.24) is 10.6 Å². The van der Waals surface area contributed by atoms with Crippen LogP contribution < -0.4 is 15.8 Å². The predicted octanol–water partition coefficient (Wildman–Crippen LogP) is 1.35. The zero-order valence-electron chi connectivity index (χ0n) is 15.1. The van der Waals surface area contributed by atoms with Crippen LogP contribution in [0.1, 0.15) is 18.1 Å². The Morgan fingerprint density at radius 2 is 1.52 bits per heavy atom. The van der Waals surface area contributed by atoms with E-state index in [0.29, 0.717) is 25.9 Å². The molecule has 0 saturated heterocycles. The second-order valence-corrected chi connectivity index (χ2v) is 7.84. The largest absolute Gasteiger partial charge is 0.354 e. The maximum atomic E-state index is 12.8. The first kappa shape index (κ1) is 21.0. The highest BCUT2D eigenvalue weighted by molar-refractivity contribution is 7.89. The minimum absolute atomic E-state index is 0.0770. The molecule has 0 unspecified atom stereocenters. The number of carbonyl (C=O) groups excluding carboxylic acids is 1. The highest BCUT2D eigenvalue weighted by atomic mass is 32.2. The van der Waals surface area contributed by atoms with Crippen LogP contribution in [0.25, 0.3) is 0 Å². The molecule has 0 radical (unpaired) electrons. The molecule has 4 N–H and O–H groups in total. The molecule has 0 bridgehead atoms.